The predicted molar refractivity (Wildman–Crippen MR) is 90.1 cm³/mol. The van der Waals surface area contributed by atoms with Crippen LogP contribution in [0.2, 0.25) is 5.02 Å². The number of nitrogens with zero attached hydrogens (tertiary/aromatic N) is 2. The number of phenolic OH excluding ortho intramolecular Hbond substituents is 1. The highest BCUT2D eigenvalue weighted by molar-refractivity contribution is 6.30. The Bertz CT molecular complexity index is 1150. The molecule has 27 heavy (non-hydrogen) atoms. The zero-order chi connectivity index (χ0) is 19.3. The first kappa shape index (κ1) is 17.0. The van der Waals surface area contributed by atoms with Crippen molar-refractivity contribution in [1.82, 2.24) is 10.0 Å². The topological polar surface area (TPSA) is 127 Å². The van der Waals surface area contributed by atoms with E-state index in [1.165, 1.54) is 18.2 Å². The second-order valence-corrected chi connectivity index (χ2v) is 6.14. The van der Waals surface area contributed by atoms with Gasteiger partial charge < -0.3 is 14.4 Å². The van der Waals surface area contributed by atoms with Gasteiger partial charge in [-0.05, 0) is 18.2 Å². The van der Waals surface area contributed by atoms with Crippen LogP contribution in [0.15, 0.2) is 33.5 Å². The van der Waals surface area contributed by atoms with Crippen molar-refractivity contribution in [1.29, 1.82) is 0 Å². The maximum atomic E-state index is 12.5. The van der Waals surface area contributed by atoms with Crippen LogP contribution < -0.4 is 5.43 Å². The molecule has 0 saturated carbocycles. The number of hydroxylamine groups is 2. The molecule has 0 bridgehead atoms. The first-order chi connectivity index (χ1) is 12.8. The van der Waals surface area contributed by atoms with E-state index in [4.69, 9.17) is 20.9 Å². The van der Waals surface area contributed by atoms with Crippen LogP contribution in [0.25, 0.3) is 22.6 Å². The first-order valence-electron chi connectivity index (χ1n) is 7.69. The van der Waals surface area contributed by atoms with Gasteiger partial charge in [0.15, 0.2) is 11.3 Å². The third-order valence-corrected chi connectivity index (χ3v) is 4.26. The first-order valence-corrected chi connectivity index (χ1v) is 8.07. The van der Waals surface area contributed by atoms with Gasteiger partial charge in [0.05, 0.1) is 5.02 Å². The summed E-state index contributed by atoms with van der Waals surface area (Å²) in [4.78, 5) is 56.5. The lowest BCUT2D eigenvalue weighted by Crippen LogP contribution is -2.32. The maximum Gasteiger partial charge on any atom is 0.371 e. The summed E-state index contributed by atoms with van der Waals surface area (Å²) >= 11 is 5.79. The van der Waals surface area contributed by atoms with E-state index in [2.05, 4.69) is 4.98 Å². The Morgan fingerprint density at radius 2 is 1.89 bits per heavy atom. The quantitative estimate of drug-likeness (QED) is 0.520. The zero-order valence-corrected chi connectivity index (χ0v) is 14.1. The van der Waals surface area contributed by atoms with Crippen LogP contribution in [0.1, 0.15) is 23.2 Å². The van der Waals surface area contributed by atoms with Gasteiger partial charge in [0, 0.05) is 18.9 Å². The number of hydrogen-bond acceptors (Lipinski definition) is 8. The predicted octanol–water partition coefficient (Wildman–Crippen LogP) is 1.87. The Kier molecular flexibility index (Phi) is 3.81. The van der Waals surface area contributed by atoms with Crippen molar-refractivity contribution < 1.29 is 28.7 Å². The number of fused-ring (bicyclic) bond motifs is 2. The van der Waals surface area contributed by atoms with Gasteiger partial charge in [0.1, 0.15) is 22.5 Å². The van der Waals surface area contributed by atoms with E-state index in [-0.39, 0.29) is 40.4 Å². The number of carbonyl (C=O) groups is 3. The molecule has 1 aromatic carbocycles. The number of aromatic nitrogens is 1. The van der Waals surface area contributed by atoms with Gasteiger partial charge >= 0.3 is 5.97 Å². The molecule has 4 rings (SSSR count). The van der Waals surface area contributed by atoms with Gasteiger partial charge in [-0.15, -0.1) is 5.06 Å². The largest absolute Gasteiger partial charge is 0.507 e. The second-order valence-electron chi connectivity index (χ2n) is 5.73. The minimum atomic E-state index is -1.18. The minimum absolute atomic E-state index is 0.0323. The number of amides is 2. The molecule has 2 aliphatic heterocycles. The normalized spacial score (nSPS) is 14.3. The smallest absolute Gasteiger partial charge is 0.371 e. The zero-order valence-electron chi connectivity index (χ0n) is 13.4. The van der Waals surface area contributed by atoms with Crippen molar-refractivity contribution >= 4 is 40.5 Å². The van der Waals surface area contributed by atoms with Crippen molar-refractivity contribution in [2.24, 2.45) is 0 Å². The fraction of sp³-hybridized carbons (Fsp3) is 0.118. The molecule has 1 saturated heterocycles. The monoisotopic (exact) mass is 388 g/mol. The molecule has 136 valence electrons. The summed E-state index contributed by atoms with van der Waals surface area (Å²) in [6.45, 7) is 0. The molecule has 2 amide bonds. The number of phenols is 1. The van der Waals surface area contributed by atoms with E-state index in [1.54, 1.807) is 0 Å². The van der Waals surface area contributed by atoms with E-state index in [1.807, 2.05) is 0 Å². The second kappa shape index (κ2) is 6.06. The molecule has 1 aliphatic carbocycles. The Hall–Kier alpha value is -3.46. The molecule has 1 N–H and O–H groups in total. The summed E-state index contributed by atoms with van der Waals surface area (Å²) in [5.41, 5.74) is -0.681. The van der Waals surface area contributed by atoms with Crippen molar-refractivity contribution in [2.45, 2.75) is 12.8 Å². The fourth-order valence-electron chi connectivity index (χ4n) is 2.67. The third-order valence-electron chi connectivity index (χ3n) is 3.97. The van der Waals surface area contributed by atoms with Gasteiger partial charge in [-0.1, -0.05) is 11.6 Å². The number of halogens is 1. The summed E-state index contributed by atoms with van der Waals surface area (Å²) in [7, 11) is 0. The highest BCUT2D eigenvalue weighted by atomic mass is 35.5. The van der Waals surface area contributed by atoms with Gasteiger partial charge in [-0.2, -0.15) is 0 Å². The van der Waals surface area contributed by atoms with Crippen molar-refractivity contribution in [3.8, 4) is 17.2 Å². The van der Waals surface area contributed by atoms with E-state index in [0.717, 1.165) is 6.07 Å². The molecule has 0 radical (unpaired) electrons. The van der Waals surface area contributed by atoms with Crippen molar-refractivity contribution in [3.63, 3.8) is 0 Å². The molecule has 0 atom stereocenters. The van der Waals surface area contributed by atoms with E-state index >= 15 is 0 Å². The average Bonchev–Trinajstić information content (AvgIpc) is 2.93. The number of imide groups is 1. The van der Waals surface area contributed by atoms with Crippen LogP contribution >= 0.6 is 11.6 Å². The highest BCUT2D eigenvalue weighted by Crippen LogP contribution is 2.32. The Balaban J connectivity index is 1.86. The molecule has 0 unspecified atom stereocenters. The summed E-state index contributed by atoms with van der Waals surface area (Å²) in [5, 5.41) is 10.4. The third kappa shape index (κ3) is 2.77. The lowest BCUT2D eigenvalue weighted by atomic mass is 10.1. The van der Waals surface area contributed by atoms with Gasteiger partial charge in [0.25, 0.3) is 11.8 Å². The number of carbonyl (C=O) groups excluding carboxylic acids is 3. The SMILES string of the molecule is O=C(ON1C(=O)CCC1=O)c1c(O)ccc2nc3cc(Cl)c(=O)cc-3oc12. The molecule has 0 aromatic heterocycles. The highest BCUT2D eigenvalue weighted by Gasteiger charge is 2.34. The van der Waals surface area contributed by atoms with Crippen molar-refractivity contribution in [2.75, 3.05) is 0 Å². The molecular weight excluding hydrogens is 380 g/mol. The van der Waals surface area contributed by atoms with Crippen LogP contribution in [0.5, 0.6) is 5.75 Å². The molecule has 9 nitrogen and oxygen atoms in total. The van der Waals surface area contributed by atoms with Gasteiger partial charge in [-0.25, -0.2) is 9.78 Å². The summed E-state index contributed by atoms with van der Waals surface area (Å²) < 4.78 is 5.56. The van der Waals surface area contributed by atoms with E-state index in [0.29, 0.717) is 5.06 Å². The fourth-order valence-corrected chi connectivity index (χ4v) is 2.83. The van der Waals surface area contributed by atoms with Crippen molar-refractivity contribution in [3.05, 3.63) is 45.1 Å². The molecular formula is C17H9ClN2O7. The maximum absolute atomic E-state index is 12.5. The number of hydrogen-bond donors (Lipinski definition) is 1. The molecule has 2 heterocycles. The Morgan fingerprint density at radius 3 is 2.59 bits per heavy atom. The summed E-state index contributed by atoms with van der Waals surface area (Å²) in [5.74, 6) is -2.99. The lowest BCUT2D eigenvalue weighted by molar-refractivity contribution is -0.172. The number of benzene rings is 2. The minimum Gasteiger partial charge on any atom is -0.507 e. The van der Waals surface area contributed by atoms with Crippen LogP contribution in [0, 0.1) is 0 Å². The molecule has 10 heteroatoms. The van der Waals surface area contributed by atoms with Crippen LogP contribution in [0.3, 0.4) is 0 Å². The molecule has 1 fully saturated rings. The van der Waals surface area contributed by atoms with Crippen LogP contribution in [-0.2, 0) is 14.4 Å². The Labute approximate surface area is 155 Å². The molecule has 3 aliphatic rings. The van der Waals surface area contributed by atoms with E-state index < -0.39 is 34.5 Å². The van der Waals surface area contributed by atoms with Crippen LogP contribution in [0.4, 0.5) is 0 Å². The number of rotatable bonds is 2. The Morgan fingerprint density at radius 1 is 1.19 bits per heavy atom. The summed E-state index contributed by atoms with van der Waals surface area (Å²) in [6, 6.07) is 4.98. The standard InChI is InChI=1S/C17H9ClN2O7/c18-7-5-9-12(6-11(7)22)26-16-8(19-9)1-2-10(21)15(16)17(25)27-20-13(23)3-4-14(20)24/h1-2,5-6,21H,3-4H2. The molecule has 0 spiro atoms. The number of aromatic hydroxyl groups is 1. The molecule has 1 aromatic rings. The average molecular weight is 389 g/mol. The van der Waals surface area contributed by atoms with Gasteiger partial charge in [0.2, 0.25) is 5.43 Å². The van der Waals surface area contributed by atoms with Gasteiger partial charge in [-0.3, -0.25) is 14.4 Å². The lowest BCUT2D eigenvalue weighted by Gasteiger charge is -2.14. The summed E-state index contributed by atoms with van der Waals surface area (Å²) in [6.07, 6.45) is -0.144. The van der Waals surface area contributed by atoms with E-state index in [9.17, 15) is 24.3 Å². The van der Waals surface area contributed by atoms with Crippen LogP contribution in [-0.4, -0.2) is 32.9 Å².